The van der Waals surface area contributed by atoms with Gasteiger partial charge in [0, 0.05) is 6.61 Å². The summed E-state index contributed by atoms with van der Waals surface area (Å²) in [6.45, 7) is 2.65. The van der Waals surface area contributed by atoms with Gasteiger partial charge >= 0.3 is 0 Å². The Hall–Kier alpha value is -2.73. The Bertz CT molecular complexity index is 1090. The Morgan fingerprint density at radius 1 is 0.968 bits per heavy atom. The molecule has 5 rings (SSSR count). The van der Waals surface area contributed by atoms with Crippen LogP contribution in [0.4, 0.5) is 8.78 Å². The average molecular weight is 425 g/mol. The van der Waals surface area contributed by atoms with Gasteiger partial charge in [0.2, 0.25) is 0 Å². The first-order chi connectivity index (χ1) is 14.8. The number of halogens is 2. The molecule has 2 heterocycles. The summed E-state index contributed by atoms with van der Waals surface area (Å²) in [7, 11) is 0. The van der Waals surface area contributed by atoms with Crippen LogP contribution in [0.5, 0.6) is 0 Å². The number of rotatable bonds is 2. The molecular weight excluding hydrogens is 400 g/mol. The smallest absolute Gasteiger partial charge is 0.256 e. The molecule has 2 aliphatic heterocycles. The SMILES string of the molecule is Cc1ccc(-c2ccc(F)c(F)c2)cc1C1=C(O)C2(CCC3(CCCO3)CC2)NC1=O. The fraction of sp³-hybridized carbons (Fsp3) is 0.400. The molecule has 2 aromatic rings. The summed E-state index contributed by atoms with van der Waals surface area (Å²) >= 11 is 0. The first-order valence-corrected chi connectivity index (χ1v) is 10.8. The topological polar surface area (TPSA) is 58.6 Å². The highest BCUT2D eigenvalue weighted by molar-refractivity contribution is 6.23. The number of hydrogen-bond acceptors (Lipinski definition) is 3. The number of ether oxygens (including phenoxy) is 1. The molecular formula is C25H25F2NO3. The van der Waals surface area contributed by atoms with Crippen LogP contribution in [0.25, 0.3) is 16.7 Å². The van der Waals surface area contributed by atoms with Crippen LogP contribution in [-0.4, -0.2) is 28.8 Å². The van der Waals surface area contributed by atoms with Crippen LogP contribution < -0.4 is 5.32 Å². The van der Waals surface area contributed by atoms with Crippen molar-refractivity contribution < 1.29 is 23.4 Å². The molecule has 4 nitrogen and oxygen atoms in total. The second-order valence-corrected chi connectivity index (χ2v) is 9.05. The lowest BCUT2D eigenvalue weighted by Crippen LogP contribution is -2.51. The van der Waals surface area contributed by atoms with Crippen molar-refractivity contribution in [2.45, 2.75) is 56.6 Å². The minimum atomic E-state index is -0.926. The molecule has 162 valence electrons. The summed E-state index contributed by atoms with van der Waals surface area (Å²) in [5, 5.41) is 14.3. The van der Waals surface area contributed by atoms with Gasteiger partial charge in [0.15, 0.2) is 11.6 Å². The number of hydrogen-bond donors (Lipinski definition) is 2. The zero-order valence-electron chi connectivity index (χ0n) is 17.4. The molecule has 1 saturated carbocycles. The summed E-state index contributed by atoms with van der Waals surface area (Å²) in [6.07, 6.45) is 4.97. The van der Waals surface area contributed by atoms with Crippen LogP contribution in [0, 0.1) is 18.6 Å². The zero-order valence-corrected chi connectivity index (χ0v) is 17.4. The van der Waals surface area contributed by atoms with Gasteiger partial charge in [0.1, 0.15) is 5.76 Å². The van der Waals surface area contributed by atoms with Gasteiger partial charge in [-0.3, -0.25) is 4.79 Å². The third kappa shape index (κ3) is 3.24. The Morgan fingerprint density at radius 3 is 2.35 bits per heavy atom. The Kier molecular flexibility index (Phi) is 4.66. The molecule has 2 fully saturated rings. The van der Waals surface area contributed by atoms with Crippen LogP contribution in [0.1, 0.15) is 49.7 Å². The standard InChI is InChI=1S/C25H25F2NO3/c1-15-3-4-16(17-5-6-19(26)20(27)14-17)13-18(15)21-22(29)25(28-23(21)30)10-8-24(9-11-25)7-2-12-31-24/h3-6,13-14,29H,2,7-12H2,1H3,(H,28,30). The Labute approximate surface area is 179 Å². The van der Waals surface area contributed by atoms with Gasteiger partial charge in [-0.05, 0) is 85.9 Å². The quantitative estimate of drug-likeness (QED) is 0.695. The summed E-state index contributed by atoms with van der Waals surface area (Å²) in [4.78, 5) is 13.0. The van der Waals surface area contributed by atoms with Crippen molar-refractivity contribution in [2.75, 3.05) is 6.61 Å². The lowest BCUT2D eigenvalue weighted by Gasteiger charge is -2.42. The van der Waals surface area contributed by atoms with Gasteiger partial charge in [0.25, 0.3) is 5.91 Å². The van der Waals surface area contributed by atoms with Crippen molar-refractivity contribution >= 4 is 11.5 Å². The fourth-order valence-corrected chi connectivity index (χ4v) is 5.33. The van der Waals surface area contributed by atoms with E-state index in [1.54, 1.807) is 12.1 Å². The molecule has 2 aromatic carbocycles. The number of carbonyl (C=O) groups excluding carboxylic acids is 1. The van der Waals surface area contributed by atoms with E-state index >= 15 is 0 Å². The van der Waals surface area contributed by atoms with Crippen LogP contribution in [0.3, 0.4) is 0 Å². The van der Waals surface area contributed by atoms with Gasteiger partial charge in [-0.1, -0.05) is 18.2 Å². The van der Waals surface area contributed by atoms with Gasteiger partial charge in [-0.15, -0.1) is 0 Å². The van der Waals surface area contributed by atoms with Crippen LogP contribution in [-0.2, 0) is 9.53 Å². The van der Waals surface area contributed by atoms with Gasteiger partial charge in [-0.2, -0.15) is 0 Å². The average Bonchev–Trinajstić information content (AvgIpc) is 3.30. The maximum absolute atomic E-state index is 13.7. The van der Waals surface area contributed by atoms with E-state index in [4.69, 9.17) is 4.74 Å². The molecule has 1 amide bonds. The molecule has 0 atom stereocenters. The highest BCUT2D eigenvalue weighted by atomic mass is 19.2. The van der Waals surface area contributed by atoms with Crippen molar-refractivity contribution in [2.24, 2.45) is 0 Å². The summed E-state index contributed by atoms with van der Waals surface area (Å²) < 4.78 is 33.1. The highest BCUT2D eigenvalue weighted by Gasteiger charge is 2.52. The van der Waals surface area contributed by atoms with E-state index in [9.17, 15) is 18.7 Å². The van der Waals surface area contributed by atoms with Gasteiger partial charge in [0.05, 0.1) is 16.7 Å². The number of aliphatic hydroxyl groups is 1. The first kappa shape index (κ1) is 20.2. The van der Waals surface area contributed by atoms with Crippen molar-refractivity contribution in [3.05, 3.63) is 64.9 Å². The first-order valence-electron chi connectivity index (χ1n) is 10.8. The second-order valence-electron chi connectivity index (χ2n) is 9.05. The van der Waals surface area contributed by atoms with E-state index in [1.807, 2.05) is 13.0 Å². The lowest BCUT2D eigenvalue weighted by molar-refractivity contribution is -0.117. The lowest BCUT2D eigenvalue weighted by atomic mass is 9.72. The molecule has 3 aliphatic rings. The number of aliphatic hydroxyl groups excluding tert-OH is 1. The van der Waals surface area contributed by atoms with Crippen molar-refractivity contribution in [3.63, 3.8) is 0 Å². The third-order valence-electron chi connectivity index (χ3n) is 7.23. The minimum Gasteiger partial charge on any atom is -0.509 e. The number of aryl methyl sites for hydroxylation is 1. The molecule has 2 N–H and O–H groups in total. The van der Waals surface area contributed by atoms with Gasteiger partial charge in [-0.25, -0.2) is 8.78 Å². The van der Waals surface area contributed by atoms with E-state index < -0.39 is 17.2 Å². The monoisotopic (exact) mass is 425 g/mol. The summed E-state index contributed by atoms with van der Waals surface area (Å²) in [5.74, 6) is -2.05. The molecule has 0 radical (unpaired) electrons. The largest absolute Gasteiger partial charge is 0.509 e. The molecule has 6 heteroatoms. The van der Waals surface area contributed by atoms with Crippen molar-refractivity contribution in [1.82, 2.24) is 5.32 Å². The summed E-state index contributed by atoms with van der Waals surface area (Å²) in [5.41, 5.74) is 1.99. The fourth-order valence-electron chi connectivity index (χ4n) is 5.33. The molecule has 0 bridgehead atoms. The number of benzene rings is 2. The van der Waals surface area contributed by atoms with Crippen LogP contribution >= 0.6 is 0 Å². The molecule has 0 unspecified atom stereocenters. The molecule has 1 aliphatic carbocycles. The minimum absolute atomic E-state index is 0.0795. The molecule has 31 heavy (non-hydrogen) atoms. The van der Waals surface area contributed by atoms with Crippen molar-refractivity contribution in [3.8, 4) is 11.1 Å². The Morgan fingerprint density at radius 2 is 1.68 bits per heavy atom. The van der Waals surface area contributed by atoms with E-state index in [-0.39, 0.29) is 22.8 Å². The van der Waals surface area contributed by atoms with Crippen LogP contribution in [0.15, 0.2) is 42.2 Å². The van der Waals surface area contributed by atoms with Crippen LogP contribution in [0.2, 0.25) is 0 Å². The highest BCUT2D eigenvalue weighted by Crippen LogP contribution is 2.48. The Balaban J connectivity index is 1.52. The van der Waals surface area contributed by atoms with E-state index in [0.29, 0.717) is 29.5 Å². The molecule has 2 spiro atoms. The molecule has 0 aromatic heterocycles. The number of carbonyl (C=O) groups is 1. The maximum atomic E-state index is 13.7. The number of nitrogens with one attached hydrogen (secondary N) is 1. The predicted octanol–water partition coefficient (Wildman–Crippen LogP) is 5.20. The van der Waals surface area contributed by atoms with Crippen molar-refractivity contribution in [1.29, 1.82) is 0 Å². The van der Waals surface area contributed by atoms with E-state index in [0.717, 1.165) is 50.0 Å². The zero-order chi connectivity index (χ0) is 21.8. The van der Waals surface area contributed by atoms with Gasteiger partial charge < -0.3 is 15.2 Å². The molecule has 1 saturated heterocycles. The second kappa shape index (κ2) is 7.16. The normalized spacial score (nSPS) is 28.0. The van der Waals surface area contributed by atoms with E-state index in [1.165, 1.54) is 6.07 Å². The number of amides is 1. The predicted molar refractivity (Wildman–Crippen MR) is 113 cm³/mol. The maximum Gasteiger partial charge on any atom is 0.256 e. The van der Waals surface area contributed by atoms with E-state index in [2.05, 4.69) is 5.32 Å². The summed E-state index contributed by atoms with van der Waals surface area (Å²) in [6, 6.07) is 9.11. The third-order valence-corrected chi connectivity index (χ3v) is 7.23.